The van der Waals surface area contributed by atoms with Crippen LogP contribution in [0.25, 0.3) is 0 Å². The van der Waals surface area contributed by atoms with Crippen molar-refractivity contribution in [3.63, 3.8) is 0 Å². The van der Waals surface area contributed by atoms with Crippen LogP contribution in [0, 0.1) is 0 Å². The molecule has 0 aliphatic heterocycles. The number of aliphatic hydroxyl groups excluding tert-OH is 1. The number of nitrogens with zero attached hydrogens (tertiary/aromatic N) is 2. The number of hydrogen-bond donors (Lipinski definition) is 2. The molecule has 0 spiro atoms. The van der Waals surface area contributed by atoms with Crippen molar-refractivity contribution in [1.29, 1.82) is 0 Å². The number of methoxy groups -OCH3 is 1. The van der Waals surface area contributed by atoms with Gasteiger partial charge in [-0.15, -0.1) is 0 Å². The second-order valence-electron chi connectivity index (χ2n) is 4.75. The molecule has 0 saturated heterocycles. The molecule has 0 aromatic carbocycles. The van der Waals surface area contributed by atoms with Gasteiger partial charge in [-0.1, -0.05) is 13.0 Å². The summed E-state index contributed by atoms with van der Waals surface area (Å²) >= 11 is 0. The van der Waals surface area contributed by atoms with Crippen LogP contribution < -0.4 is 5.32 Å². The zero-order valence-corrected chi connectivity index (χ0v) is 12.1. The van der Waals surface area contributed by atoms with E-state index in [4.69, 9.17) is 4.74 Å². The summed E-state index contributed by atoms with van der Waals surface area (Å²) in [6.07, 6.45) is 0.617. The fraction of sp³-hybridized carbons (Fsp3) is 0.643. The van der Waals surface area contributed by atoms with Crippen molar-refractivity contribution in [3.8, 4) is 0 Å². The van der Waals surface area contributed by atoms with Crippen LogP contribution in [0.1, 0.15) is 19.0 Å². The van der Waals surface area contributed by atoms with E-state index in [9.17, 15) is 5.11 Å². The van der Waals surface area contributed by atoms with E-state index in [1.165, 1.54) is 0 Å². The van der Waals surface area contributed by atoms with E-state index in [0.29, 0.717) is 19.7 Å². The van der Waals surface area contributed by atoms with E-state index in [0.717, 1.165) is 24.5 Å². The first-order valence-electron chi connectivity index (χ1n) is 6.71. The van der Waals surface area contributed by atoms with Crippen molar-refractivity contribution in [2.45, 2.75) is 26.0 Å². The number of hydrogen-bond acceptors (Lipinski definition) is 5. The molecule has 0 fully saturated rings. The molecule has 2 N–H and O–H groups in total. The molecule has 0 aliphatic carbocycles. The average molecular weight is 267 g/mol. The molecule has 1 rings (SSSR count). The number of ether oxygens (including phenoxy) is 1. The fourth-order valence-electron chi connectivity index (χ4n) is 1.87. The highest BCUT2D eigenvalue weighted by atomic mass is 16.5. The summed E-state index contributed by atoms with van der Waals surface area (Å²) < 4.78 is 4.92. The third-order valence-electron chi connectivity index (χ3n) is 2.68. The summed E-state index contributed by atoms with van der Waals surface area (Å²) in [5.74, 6) is 0.908. The van der Waals surface area contributed by atoms with Gasteiger partial charge < -0.3 is 15.2 Å². The van der Waals surface area contributed by atoms with Crippen molar-refractivity contribution < 1.29 is 9.84 Å². The standard InChI is InChI=1S/C14H25N3O2/c1-4-8-15-14-7-5-6-12(16-14)9-17(2)10-13(18)11-19-3/h5-7,13,18H,4,8-11H2,1-3H3,(H,15,16). The second kappa shape index (κ2) is 8.85. The highest BCUT2D eigenvalue weighted by Crippen LogP contribution is 2.07. The lowest BCUT2D eigenvalue weighted by Gasteiger charge is -2.20. The zero-order valence-electron chi connectivity index (χ0n) is 12.1. The Morgan fingerprint density at radius 2 is 2.26 bits per heavy atom. The maximum absolute atomic E-state index is 9.67. The summed E-state index contributed by atoms with van der Waals surface area (Å²) in [4.78, 5) is 6.58. The van der Waals surface area contributed by atoms with Crippen molar-refractivity contribution in [3.05, 3.63) is 23.9 Å². The van der Waals surface area contributed by atoms with E-state index in [2.05, 4.69) is 17.2 Å². The Bertz CT molecular complexity index is 360. The number of aliphatic hydroxyl groups is 1. The second-order valence-corrected chi connectivity index (χ2v) is 4.75. The SMILES string of the molecule is CCCNc1cccc(CN(C)CC(O)COC)n1. The molecule has 1 heterocycles. The summed E-state index contributed by atoms with van der Waals surface area (Å²) in [7, 11) is 3.56. The van der Waals surface area contributed by atoms with Gasteiger partial charge in [0.05, 0.1) is 18.4 Å². The normalized spacial score (nSPS) is 12.7. The molecule has 0 bridgehead atoms. The largest absolute Gasteiger partial charge is 0.389 e. The third kappa shape index (κ3) is 6.52. The number of likely N-dealkylation sites (N-methyl/N-ethyl adjacent to an activating group) is 1. The molecular formula is C14H25N3O2. The van der Waals surface area contributed by atoms with Crippen LogP contribution >= 0.6 is 0 Å². The number of anilines is 1. The number of pyridine rings is 1. The zero-order chi connectivity index (χ0) is 14.1. The Morgan fingerprint density at radius 3 is 2.95 bits per heavy atom. The minimum absolute atomic E-state index is 0.357. The molecule has 1 aromatic heterocycles. The minimum Gasteiger partial charge on any atom is -0.389 e. The average Bonchev–Trinajstić information content (AvgIpc) is 2.36. The van der Waals surface area contributed by atoms with Crippen molar-refractivity contribution in [1.82, 2.24) is 9.88 Å². The van der Waals surface area contributed by atoms with Gasteiger partial charge in [-0.25, -0.2) is 4.98 Å². The maximum atomic E-state index is 9.67. The maximum Gasteiger partial charge on any atom is 0.126 e. The summed E-state index contributed by atoms with van der Waals surface area (Å²) in [6, 6.07) is 5.97. The highest BCUT2D eigenvalue weighted by molar-refractivity contribution is 5.35. The first-order chi connectivity index (χ1) is 9.15. The van der Waals surface area contributed by atoms with Crippen LogP contribution in [0.3, 0.4) is 0 Å². The van der Waals surface area contributed by atoms with Gasteiger partial charge in [0.25, 0.3) is 0 Å². The molecule has 108 valence electrons. The van der Waals surface area contributed by atoms with Crippen LogP contribution in [0.4, 0.5) is 5.82 Å². The lowest BCUT2D eigenvalue weighted by atomic mass is 10.3. The fourth-order valence-corrected chi connectivity index (χ4v) is 1.87. The molecule has 0 amide bonds. The highest BCUT2D eigenvalue weighted by Gasteiger charge is 2.09. The molecule has 19 heavy (non-hydrogen) atoms. The minimum atomic E-state index is -0.462. The van der Waals surface area contributed by atoms with Crippen molar-refractivity contribution in [2.75, 3.05) is 39.2 Å². The molecule has 5 heteroatoms. The Balaban J connectivity index is 2.46. The van der Waals surface area contributed by atoms with Gasteiger partial charge in [-0.3, -0.25) is 4.90 Å². The summed E-state index contributed by atoms with van der Waals surface area (Å²) in [5.41, 5.74) is 0.994. The number of rotatable bonds is 9. The monoisotopic (exact) mass is 267 g/mol. The Morgan fingerprint density at radius 1 is 1.47 bits per heavy atom. The number of nitrogens with one attached hydrogen (secondary N) is 1. The predicted octanol–water partition coefficient (Wildman–Crippen LogP) is 1.34. The van der Waals surface area contributed by atoms with Crippen molar-refractivity contribution in [2.24, 2.45) is 0 Å². The van der Waals surface area contributed by atoms with Gasteiger partial charge >= 0.3 is 0 Å². The molecule has 0 radical (unpaired) electrons. The van der Waals surface area contributed by atoms with E-state index in [1.54, 1.807) is 7.11 Å². The van der Waals surface area contributed by atoms with Crippen LogP contribution in [0.5, 0.6) is 0 Å². The third-order valence-corrected chi connectivity index (χ3v) is 2.68. The predicted molar refractivity (Wildman–Crippen MR) is 77.2 cm³/mol. The van der Waals surface area contributed by atoms with Crippen LogP contribution in [-0.2, 0) is 11.3 Å². The lowest BCUT2D eigenvalue weighted by molar-refractivity contribution is 0.0417. The Hall–Kier alpha value is -1.17. The van der Waals surface area contributed by atoms with Crippen molar-refractivity contribution >= 4 is 5.82 Å². The molecule has 1 aromatic rings. The lowest BCUT2D eigenvalue weighted by Crippen LogP contribution is -2.31. The van der Waals surface area contributed by atoms with E-state index < -0.39 is 6.10 Å². The first kappa shape index (κ1) is 15.9. The molecule has 1 atom stereocenters. The van der Waals surface area contributed by atoms with Gasteiger partial charge in [-0.05, 0) is 25.6 Å². The van der Waals surface area contributed by atoms with Crippen LogP contribution in [0.15, 0.2) is 18.2 Å². The summed E-state index contributed by atoms with van der Waals surface area (Å²) in [5, 5.41) is 12.9. The summed E-state index contributed by atoms with van der Waals surface area (Å²) in [6.45, 7) is 4.70. The topological polar surface area (TPSA) is 57.6 Å². The van der Waals surface area contributed by atoms with Gasteiger partial charge in [0.15, 0.2) is 0 Å². The van der Waals surface area contributed by atoms with Crippen LogP contribution in [-0.4, -0.2) is 54.9 Å². The quantitative estimate of drug-likeness (QED) is 0.707. The van der Waals surface area contributed by atoms with Gasteiger partial charge in [0.2, 0.25) is 0 Å². The molecule has 0 saturated carbocycles. The van der Waals surface area contributed by atoms with Gasteiger partial charge in [-0.2, -0.15) is 0 Å². The molecule has 0 aliphatic rings. The number of aromatic nitrogens is 1. The Kier molecular flexibility index (Phi) is 7.40. The van der Waals surface area contributed by atoms with Gasteiger partial charge in [0, 0.05) is 26.7 Å². The molecule has 5 nitrogen and oxygen atoms in total. The van der Waals surface area contributed by atoms with E-state index >= 15 is 0 Å². The van der Waals surface area contributed by atoms with Gasteiger partial charge in [0.1, 0.15) is 5.82 Å². The molecular weight excluding hydrogens is 242 g/mol. The van der Waals surface area contributed by atoms with E-state index in [1.807, 2.05) is 30.1 Å². The first-order valence-corrected chi connectivity index (χ1v) is 6.71. The van der Waals surface area contributed by atoms with Crippen LogP contribution in [0.2, 0.25) is 0 Å². The van der Waals surface area contributed by atoms with E-state index in [-0.39, 0.29) is 0 Å². The Labute approximate surface area is 115 Å². The smallest absolute Gasteiger partial charge is 0.126 e. The molecule has 1 unspecified atom stereocenters.